The van der Waals surface area contributed by atoms with Gasteiger partial charge in [-0.2, -0.15) is 0 Å². The Morgan fingerprint density at radius 3 is 2.61 bits per heavy atom. The Bertz CT molecular complexity index is 1320. The second-order valence-corrected chi connectivity index (χ2v) is 8.26. The third-order valence-corrected chi connectivity index (χ3v) is 6.25. The first-order chi connectivity index (χ1) is 17.4. The van der Waals surface area contributed by atoms with Crippen LogP contribution in [0.25, 0.3) is 0 Å². The number of carbonyl (C=O) groups is 3. The molecule has 0 fully saturated rings. The highest BCUT2D eigenvalue weighted by molar-refractivity contribution is 7.14. The Balaban J connectivity index is 1.92. The maximum Gasteiger partial charge on any atom is 0.397 e. The molecule has 2 aromatic carbocycles. The highest BCUT2D eigenvalue weighted by Gasteiger charge is 2.38. The van der Waals surface area contributed by atoms with E-state index in [4.69, 9.17) is 14.2 Å². The van der Waals surface area contributed by atoms with Crippen LogP contribution in [0.15, 0.2) is 53.9 Å². The summed E-state index contributed by atoms with van der Waals surface area (Å²) in [6, 6.07) is 14.1. The Kier molecular flexibility index (Phi) is 7.15. The molecule has 0 N–H and O–H groups in total. The minimum atomic E-state index is -1.23. The number of para-hydroxylation sites is 1. The van der Waals surface area contributed by atoms with Gasteiger partial charge in [-0.25, -0.2) is 9.59 Å². The highest BCUT2D eigenvalue weighted by Crippen LogP contribution is 2.45. The van der Waals surface area contributed by atoms with Crippen LogP contribution in [0.5, 0.6) is 5.75 Å². The van der Waals surface area contributed by atoms with Crippen LogP contribution in [0.4, 0.5) is 27.8 Å². The molecule has 2 heterocycles. The summed E-state index contributed by atoms with van der Waals surface area (Å²) in [5.74, 6) is -2.82. The molecule has 12 heteroatoms. The summed E-state index contributed by atoms with van der Waals surface area (Å²) in [4.78, 5) is 52.2. The number of carbonyl (C=O) groups excluding carboxylic acids is 3. The standard InChI is InChI=1S/C24H21N3O8S/c1-3-34-24(30)21(28)26(20-17(23(29)33-2)14-36-22(20)27(31)32)16-9-10-19-18(13-16)25(11-12-35-19)15-7-5-4-6-8-15/h4-10,13-14H,3,11-12H2,1-2H3. The van der Waals surface area contributed by atoms with Gasteiger partial charge in [-0.3, -0.25) is 19.8 Å². The number of thiophene rings is 1. The molecule has 0 atom stereocenters. The Morgan fingerprint density at radius 1 is 1.19 bits per heavy atom. The molecular weight excluding hydrogens is 490 g/mol. The monoisotopic (exact) mass is 511 g/mol. The van der Waals surface area contributed by atoms with Crippen molar-refractivity contribution in [2.45, 2.75) is 6.92 Å². The van der Waals surface area contributed by atoms with Crippen LogP contribution >= 0.6 is 11.3 Å². The van der Waals surface area contributed by atoms with E-state index < -0.39 is 27.8 Å². The van der Waals surface area contributed by atoms with Crippen molar-refractivity contribution in [3.63, 3.8) is 0 Å². The molecule has 1 aliphatic heterocycles. The summed E-state index contributed by atoms with van der Waals surface area (Å²) in [5.41, 5.74) is 0.923. The number of anilines is 4. The average molecular weight is 512 g/mol. The minimum absolute atomic E-state index is 0.0895. The summed E-state index contributed by atoms with van der Waals surface area (Å²) >= 11 is 0.639. The van der Waals surface area contributed by atoms with Gasteiger partial charge in [0.2, 0.25) is 0 Å². The predicted molar refractivity (Wildman–Crippen MR) is 131 cm³/mol. The normalized spacial score (nSPS) is 12.2. The molecule has 0 bridgehead atoms. The number of nitrogens with zero attached hydrogens (tertiary/aromatic N) is 3. The van der Waals surface area contributed by atoms with E-state index in [1.807, 2.05) is 35.2 Å². The van der Waals surface area contributed by atoms with Crippen molar-refractivity contribution in [2.75, 3.05) is 36.7 Å². The zero-order valence-electron chi connectivity index (χ0n) is 19.3. The fourth-order valence-corrected chi connectivity index (χ4v) is 4.63. The summed E-state index contributed by atoms with van der Waals surface area (Å²) in [5, 5.41) is 12.5. The molecule has 3 aromatic rings. The van der Waals surface area contributed by atoms with E-state index in [9.17, 15) is 24.5 Å². The van der Waals surface area contributed by atoms with Crippen LogP contribution in [-0.2, 0) is 19.1 Å². The largest absolute Gasteiger partial charge is 0.490 e. The number of benzene rings is 2. The molecule has 0 saturated carbocycles. The molecular formula is C24H21N3O8S. The zero-order chi connectivity index (χ0) is 25.8. The third kappa shape index (κ3) is 4.58. The summed E-state index contributed by atoms with van der Waals surface area (Å²) in [6.45, 7) is 2.34. The van der Waals surface area contributed by atoms with Crippen molar-refractivity contribution in [3.05, 3.63) is 69.6 Å². The summed E-state index contributed by atoms with van der Waals surface area (Å²) < 4.78 is 15.4. The van der Waals surface area contributed by atoms with E-state index in [0.29, 0.717) is 35.9 Å². The Labute approximate surface area is 209 Å². The van der Waals surface area contributed by atoms with Gasteiger partial charge < -0.3 is 19.1 Å². The molecule has 0 spiro atoms. The van der Waals surface area contributed by atoms with Crippen LogP contribution in [0.2, 0.25) is 0 Å². The van der Waals surface area contributed by atoms with Crippen LogP contribution in [0.3, 0.4) is 0 Å². The third-order valence-electron chi connectivity index (χ3n) is 5.33. The summed E-state index contributed by atoms with van der Waals surface area (Å²) in [7, 11) is 1.11. The molecule has 0 saturated heterocycles. The first-order valence-electron chi connectivity index (χ1n) is 10.8. The van der Waals surface area contributed by atoms with Gasteiger partial charge in [0.15, 0.2) is 5.69 Å². The first-order valence-corrected chi connectivity index (χ1v) is 11.7. The zero-order valence-corrected chi connectivity index (χ0v) is 20.1. The molecule has 0 radical (unpaired) electrons. The minimum Gasteiger partial charge on any atom is -0.490 e. The molecule has 11 nitrogen and oxygen atoms in total. The second-order valence-electron chi connectivity index (χ2n) is 7.40. The lowest BCUT2D eigenvalue weighted by Gasteiger charge is -2.32. The van der Waals surface area contributed by atoms with Gasteiger partial charge in [0, 0.05) is 11.1 Å². The number of esters is 2. The fraction of sp³-hybridized carbons (Fsp3) is 0.208. The molecule has 36 heavy (non-hydrogen) atoms. The smallest absolute Gasteiger partial charge is 0.397 e. The molecule has 1 aromatic heterocycles. The van der Waals surface area contributed by atoms with Crippen molar-refractivity contribution < 1.29 is 33.5 Å². The van der Waals surface area contributed by atoms with Crippen LogP contribution in [-0.4, -0.2) is 49.6 Å². The number of amides is 1. The molecule has 0 aliphatic carbocycles. The average Bonchev–Trinajstić information content (AvgIpc) is 3.33. The van der Waals surface area contributed by atoms with Crippen molar-refractivity contribution in [3.8, 4) is 5.75 Å². The second kappa shape index (κ2) is 10.4. The lowest BCUT2D eigenvalue weighted by Crippen LogP contribution is -2.35. The topological polar surface area (TPSA) is 129 Å². The van der Waals surface area contributed by atoms with Crippen LogP contribution in [0, 0.1) is 10.1 Å². The number of nitro groups is 1. The van der Waals surface area contributed by atoms with E-state index in [-0.39, 0.29) is 23.5 Å². The van der Waals surface area contributed by atoms with Gasteiger partial charge in [-0.15, -0.1) is 0 Å². The first kappa shape index (κ1) is 24.7. The lowest BCUT2D eigenvalue weighted by molar-refractivity contribution is -0.379. The number of hydrogen-bond acceptors (Lipinski definition) is 10. The SMILES string of the molecule is CCOC(=O)C(=O)N(c1ccc2c(c1)N(c1ccccc1)CCO2)c1c(C(=O)OC)csc1[N+](=O)[O-]. The maximum atomic E-state index is 13.3. The van der Waals surface area contributed by atoms with Crippen LogP contribution in [0.1, 0.15) is 17.3 Å². The van der Waals surface area contributed by atoms with Gasteiger partial charge in [0.25, 0.3) is 0 Å². The van der Waals surface area contributed by atoms with E-state index in [1.165, 1.54) is 18.4 Å². The van der Waals surface area contributed by atoms with Gasteiger partial charge in [-0.05, 0) is 37.3 Å². The fourth-order valence-electron chi connectivity index (χ4n) is 3.80. The molecule has 4 rings (SSSR count). The van der Waals surface area contributed by atoms with Crippen molar-refractivity contribution in [1.29, 1.82) is 0 Å². The number of fused-ring (bicyclic) bond motifs is 1. The van der Waals surface area contributed by atoms with Gasteiger partial charge in [-0.1, -0.05) is 29.5 Å². The number of methoxy groups -OCH3 is 1. The van der Waals surface area contributed by atoms with E-state index in [2.05, 4.69) is 0 Å². The number of rotatable bonds is 6. The van der Waals surface area contributed by atoms with Gasteiger partial charge >= 0.3 is 22.8 Å². The summed E-state index contributed by atoms with van der Waals surface area (Å²) in [6.07, 6.45) is 0. The Hall–Kier alpha value is -4.45. The molecule has 1 aliphatic rings. The molecule has 0 unspecified atom stereocenters. The van der Waals surface area contributed by atoms with E-state index in [0.717, 1.165) is 17.7 Å². The quantitative estimate of drug-likeness (QED) is 0.207. The Morgan fingerprint density at radius 2 is 1.94 bits per heavy atom. The number of hydrogen-bond donors (Lipinski definition) is 0. The van der Waals surface area contributed by atoms with Crippen LogP contribution < -0.4 is 14.5 Å². The lowest BCUT2D eigenvalue weighted by atomic mass is 10.1. The highest BCUT2D eigenvalue weighted by atomic mass is 32.1. The van der Waals surface area contributed by atoms with E-state index >= 15 is 0 Å². The predicted octanol–water partition coefficient (Wildman–Crippen LogP) is 4.20. The number of ether oxygens (including phenoxy) is 3. The molecule has 1 amide bonds. The van der Waals surface area contributed by atoms with Crippen molar-refractivity contribution >= 4 is 56.9 Å². The van der Waals surface area contributed by atoms with Crippen molar-refractivity contribution in [2.24, 2.45) is 0 Å². The maximum absolute atomic E-state index is 13.3. The van der Waals surface area contributed by atoms with Gasteiger partial charge in [0.05, 0.1) is 36.6 Å². The van der Waals surface area contributed by atoms with Gasteiger partial charge in [0.1, 0.15) is 17.9 Å². The van der Waals surface area contributed by atoms with Crippen molar-refractivity contribution in [1.82, 2.24) is 0 Å². The van der Waals surface area contributed by atoms with E-state index in [1.54, 1.807) is 12.1 Å². The molecule has 186 valence electrons.